The summed E-state index contributed by atoms with van der Waals surface area (Å²) >= 11 is 7.80. The third kappa shape index (κ3) is 4.00. The summed E-state index contributed by atoms with van der Waals surface area (Å²) in [6.07, 6.45) is 0. The van der Waals surface area contributed by atoms with E-state index in [1.807, 2.05) is 50.4 Å². The minimum atomic E-state index is -0.0316. The quantitative estimate of drug-likeness (QED) is 0.718. The van der Waals surface area contributed by atoms with Crippen molar-refractivity contribution in [1.29, 1.82) is 0 Å². The van der Waals surface area contributed by atoms with Gasteiger partial charge < -0.3 is 10.2 Å². The Morgan fingerprint density at radius 2 is 2.04 bits per heavy atom. The van der Waals surface area contributed by atoms with Crippen LogP contribution in [0.4, 0.5) is 5.69 Å². The van der Waals surface area contributed by atoms with Gasteiger partial charge in [-0.2, -0.15) is 0 Å². The van der Waals surface area contributed by atoms with Crippen LogP contribution in [0.1, 0.15) is 23.5 Å². The predicted octanol–water partition coefficient (Wildman–Crippen LogP) is 3.47. The summed E-state index contributed by atoms with van der Waals surface area (Å²) in [7, 11) is 2.02. The van der Waals surface area contributed by atoms with E-state index in [0.29, 0.717) is 11.6 Å². The fourth-order valence-corrected chi connectivity index (χ4v) is 3.92. The van der Waals surface area contributed by atoms with Crippen molar-refractivity contribution in [3.8, 4) is 0 Å². The number of likely N-dealkylation sites (N-methyl/N-ethyl adjacent to an activating group) is 1. The molecule has 0 saturated heterocycles. The molecule has 0 spiro atoms. The van der Waals surface area contributed by atoms with Crippen molar-refractivity contribution in [1.82, 2.24) is 4.98 Å². The molecule has 6 heteroatoms. The van der Waals surface area contributed by atoms with E-state index in [4.69, 9.17) is 16.6 Å². The van der Waals surface area contributed by atoms with Crippen molar-refractivity contribution in [2.24, 2.45) is 0 Å². The average molecular weight is 375 g/mol. The number of carbonyl (C=O) groups is 1. The fourth-order valence-electron chi connectivity index (χ4n) is 2.63. The summed E-state index contributed by atoms with van der Waals surface area (Å²) < 4.78 is 1.18. The number of quaternary nitrogens is 1. The van der Waals surface area contributed by atoms with Crippen LogP contribution < -0.4 is 10.2 Å². The Bertz CT molecular complexity index is 876. The number of hydrogen-bond acceptors (Lipinski definition) is 3. The topological polar surface area (TPSA) is 46.4 Å². The number of benzene rings is 2. The molecule has 0 aliphatic heterocycles. The van der Waals surface area contributed by atoms with Gasteiger partial charge >= 0.3 is 0 Å². The second-order valence-electron chi connectivity index (χ2n) is 6.23. The predicted molar refractivity (Wildman–Crippen MR) is 105 cm³/mol. The Hall–Kier alpha value is -1.95. The Balaban J connectivity index is 1.67. The van der Waals surface area contributed by atoms with Crippen LogP contribution in [0.15, 0.2) is 42.5 Å². The minimum Gasteiger partial charge on any atom is -0.322 e. The number of hydrogen-bond donors (Lipinski definition) is 2. The number of para-hydroxylation sites is 1. The lowest BCUT2D eigenvalue weighted by Gasteiger charge is -2.19. The highest BCUT2D eigenvalue weighted by Crippen LogP contribution is 2.25. The van der Waals surface area contributed by atoms with Crippen LogP contribution in [-0.2, 0) is 4.79 Å². The molecule has 2 N–H and O–H groups in total. The van der Waals surface area contributed by atoms with Crippen LogP contribution in [0.25, 0.3) is 10.2 Å². The van der Waals surface area contributed by atoms with E-state index in [2.05, 4.69) is 18.3 Å². The number of fused-ring (bicyclic) bond motifs is 1. The first-order valence-electron chi connectivity index (χ1n) is 8.18. The summed E-state index contributed by atoms with van der Waals surface area (Å²) in [6, 6.07) is 13.8. The van der Waals surface area contributed by atoms with Gasteiger partial charge in [0.1, 0.15) is 6.04 Å². The number of halogens is 1. The number of thiazole rings is 1. The van der Waals surface area contributed by atoms with E-state index in [1.165, 1.54) is 4.70 Å². The van der Waals surface area contributed by atoms with Crippen LogP contribution in [0.5, 0.6) is 0 Å². The maximum Gasteiger partial charge on any atom is 0.279 e. The minimum absolute atomic E-state index is 0.0316. The van der Waals surface area contributed by atoms with E-state index in [1.54, 1.807) is 11.3 Å². The van der Waals surface area contributed by atoms with E-state index < -0.39 is 0 Å². The smallest absolute Gasteiger partial charge is 0.279 e. The number of anilines is 1. The lowest BCUT2D eigenvalue weighted by Crippen LogP contribution is -3.10. The molecule has 25 heavy (non-hydrogen) atoms. The molecule has 1 amide bonds. The van der Waals surface area contributed by atoms with Gasteiger partial charge in [-0.05, 0) is 43.7 Å². The summed E-state index contributed by atoms with van der Waals surface area (Å²) in [5, 5.41) is 4.65. The molecule has 3 aromatic rings. The lowest BCUT2D eigenvalue weighted by atomic mass is 10.2. The number of aromatic nitrogens is 1. The Labute approximate surface area is 156 Å². The molecule has 0 radical (unpaired) electrons. The lowest BCUT2D eigenvalue weighted by molar-refractivity contribution is -0.902. The van der Waals surface area contributed by atoms with Crippen LogP contribution in [0.2, 0.25) is 5.02 Å². The summed E-state index contributed by atoms with van der Waals surface area (Å²) in [5.41, 5.74) is 2.66. The zero-order valence-corrected chi connectivity index (χ0v) is 16.0. The molecule has 0 aliphatic carbocycles. The molecular formula is C19H21ClN3OS+. The van der Waals surface area contributed by atoms with E-state index in [0.717, 1.165) is 26.7 Å². The average Bonchev–Trinajstić information content (AvgIpc) is 3.02. The SMILES string of the molecule is Cc1c(Cl)cccc1NC(=O)C[NH+](C)[C@@H](C)c1nc2ccccc2s1. The molecule has 2 atom stereocenters. The maximum absolute atomic E-state index is 12.4. The second-order valence-corrected chi connectivity index (χ2v) is 7.69. The van der Waals surface area contributed by atoms with Gasteiger partial charge in [-0.15, -0.1) is 11.3 Å². The zero-order chi connectivity index (χ0) is 18.0. The Morgan fingerprint density at radius 3 is 2.80 bits per heavy atom. The van der Waals surface area contributed by atoms with Crippen LogP contribution in [0.3, 0.4) is 0 Å². The summed E-state index contributed by atoms with van der Waals surface area (Å²) in [4.78, 5) is 18.2. The first-order chi connectivity index (χ1) is 12.0. The first kappa shape index (κ1) is 17.9. The molecule has 0 saturated carbocycles. The van der Waals surface area contributed by atoms with E-state index >= 15 is 0 Å². The molecule has 1 aromatic heterocycles. The van der Waals surface area contributed by atoms with Gasteiger partial charge in [-0.3, -0.25) is 4.79 Å². The van der Waals surface area contributed by atoms with Gasteiger partial charge in [0.15, 0.2) is 11.6 Å². The molecule has 4 nitrogen and oxygen atoms in total. The number of nitrogens with zero attached hydrogens (tertiary/aromatic N) is 1. The monoisotopic (exact) mass is 374 g/mol. The largest absolute Gasteiger partial charge is 0.322 e. The number of rotatable bonds is 5. The zero-order valence-electron chi connectivity index (χ0n) is 14.5. The van der Waals surface area contributed by atoms with Crippen molar-refractivity contribution in [2.45, 2.75) is 19.9 Å². The van der Waals surface area contributed by atoms with Crippen molar-refractivity contribution < 1.29 is 9.69 Å². The molecule has 2 aromatic carbocycles. The molecule has 0 aliphatic rings. The summed E-state index contributed by atoms with van der Waals surface area (Å²) in [6.45, 7) is 4.37. The maximum atomic E-state index is 12.4. The van der Waals surface area contributed by atoms with Crippen LogP contribution in [-0.4, -0.2) is 24.5 Å². The van der Waals surface area contributed by atoms with E-state index in [9.17, 15) is 4.79 Å². The summed E-state index contributed by atoms with van der Waals surface area (Å²) in [5.74, 6) is -0.0316. The van der Waals surface area contributed by atoms with Gasteiger partial charge in [0.05, 0.1) is 17.3 Å². The fraction of sp³-hybridized carbons (Fsp3) is 0.263. The number of carbonyl (C=O) groups excluding carboxylic acids is 1. The first-order valence-corrected chi connectivity index (χ1v) is 9.38. The van der Waals surface area contributed by atoms with Gasteiger partial charge in [-0.25, -0.2) is 4.98 Å². The third-order valence-corrected chi connectivity index (χ3v) is 6.03. The highest BCUT2D eigenvalue weighted by Gasteiger charge is 2.22. The second kappa shape index (κ2) is 7.52. The van der Waals surface area contributed by atoms with Gasteiger partial charge in [0, 0.05) is 10.7 Å². The highest BCUT2D eigenvalue weighted by atomic mass is 35.5. The van der Waals surface area contributed by atoms with Crippen molar-refractivity contribution in [3.63, 3.8) is 0 Å². The highest BCUT2D eigenvalue weighted by molar-refractivity contribution is 7.18. The Kier molecular flexibility index (Phi) is 5.37. The molecular weight excluding hydrogens is 354 g/mol. The third-order valence-electron chi connectivity index (χ3n) is 4.40. The van der Waals surface area contributed by atoms with Gasteiger partial charge in [0.2, 0.25) is 0 Å². The molecule has 1 unspecified atom stereocenters. The normalized spacial score (nSPS) is 13.6. The van der Waals surface area contributed by atoms with Crippen LogP contribution >= 0.6 is 22.9 Å². The van der Waals surface area contributed by atoms with Gasteiger partial charge in [0.25, 0.3) is 5.91 Å². The molecule has 1 heterocycles. The van der Waals surface area contributed by atoms with Crippen molar-refractivity contribution in [3.05, 3.63) is 58.1 Å². The van der Waals surface area contributed by atoms with E-state index in [-0.39, 0.29) is 11.9 Å². The van der Waals surface area contributed by atoms with Crippen molar-refractivity contribution in [2.75, 3.05) is 18.9 Å². The Morgan fingerprint density at radius 1 is 1.28 bits per heavy atom. The molecule has 3 rings (SSSR count). The van der Waals surface area contributed by atoms with Crippen molar-refractivity contribution >= 4 is 44.7 Å². The van der Waals surface area contributed by atoms with Gasteiger partial charge in [-0.1, -0.05) is 29.8 Å². The molecule has 130 valence electrons. The number of amides is 1. The molecule has 0 fully saturated rings. The standard InChI is InChI=1S/C19H20ClN3OS/c1-12-14(20)7-6-9-15(12)21-18(24)11-23(3)13(2)19-22-16-8-4-5-10-17(16)25-19/h4-10,13H,11H2,1-3H3,(H,21,24)/p+1/t13-/m0/s1. The molecule has 0 bridgehead atoms. The number of nitrogens with one attached hydrogen (secondary N) is 2. The van der Waals surface area contributed by atoms with Crippen LogP contribution in [0, 0.1) is 6.92 Å².